The van der Waals surface area contributed by atoms with Gasteiger partial charge in [-0.05, 0) is 54.7 Å². The summed E-state index contributed by atoms with van der Waals surface area (Å²) in [6.07, 6.45) is 3.48. The first-order valence-electron chi connectivity index (χ1n) is 12.8. The van der Waals surface area contributed by atoms with E-state index in [-0.39, 0.29) is 18.6 Å². The topological polar surface area (TPSA) is 95.9 Å². The van der Waals surface area contributed by atoms with Gasteiger partial charge in [0, 0.05) is 12.0 Å². The van der Waals surface area contributed by atoms with Gasteiger partial charge >= 0.3 is 0 Å². The van der Waals surface area contributed by atoms with E-state index in [1.807, 2.05) is 31.2 Å². The summed E-state index contributed by atoms with van der Waals surface area (Å²) in [5, 5.41) is 11.4. The van der Waals surface area contributed by atoms with Gasteiger partial charge in [0.2, 0.25) is 11.7 Å². The Balaban J connectivity index is 2.01. The summed E-state index contributed by atoms with van der Waals surface area (Å²) in [6.45, 7) is 8.00. The Bertz CT molecular complexity index is 1090. The second kappa shape index (κ2) is 13.4. The molecule has 3 atom stereocenters. The number of ether oxygens (including phenoxy) is 6. The van der Waals surface area contributed by atoms with Crippen molar-refractivity contribution in [2.75, 3.05) is 35.0 Å². The highest BCUT2D eigenvalue weighted by molar-refractivity contribution is 5.75. The molecule has 0 bridgehead atoms. The maximum Gasteiger partial charge on any atom is 0.246 e. The Morgan fingerprint density at radius 3 is 1.95 bits per heavy atom. The highest BCUT2D eigenvalue weighted by Crippen LogP contribution is 2.48. The second-order valence-corrected chi connectivity index (χ2v) is 8.91. The fourth-order valence-corrected chi connectivity index (χ4v) is 4.65. The number of hydroxylamine groups is 2. The molecule has 208 valence electrons. The van der Waals surface area contributed by atoms with Crippen molar-refractivity contribution in [1.29, 1.82) is 0 Å². The van der Waals surface area contributed by atoms with Gasteiger partial charge in [-0.2, -0.15) is 0 Å². The number of hydrogen-bond acceptors (Lipinski definition) is 8. The SMILES string of the molecule is C=CC(c1cc(C2CCC(c3cc(OC)c(OC)c(OC)c3)O2)cc(OC)c1OCCC)N(O)C(=O)CC. The summed E-state index contributed by atoms with van der Waals surface area (Å²) in [4.78, 5) is 12.4. The molecule has 9 heteroatoms. The quantitative estimate of drug-likeness (QED) is 0.193. The van der Waals surface area contributed by atoms with Crippen LogP contribution in [0.2, 0.25) is 0 Å². The van der Waals surface area contributed by atoms with Gasteiger partial charge in [-0.15, -0.1) is 6.58 Å². The van der Waals surface area contributed by atoms with Crippen molar-refractivity contribution in [2.24, 2.45) is 0 Å². The molecule has 0 saturated carbocycles. The number of hydrogen-bond donors (Lipinski definition) is 1. The minimum atomic E-state index is -0.824. The van der Waals surface area contributed by atoms with Gasteiger partial charge in [-0.25, -0.2) is 5.06 Å². The molecule has 3 rings (SSSR count). The van der Waals surface area contributed by atoms with Gasteiger partial charge in [0.15, 0.2) is 23.0 Å². The number of rotatable bonds is 13. The molecule has 3 unspecified atom stereocenters. The fourth-order valence-electron chi connectivity index (χ4n) is 4.65. The lowest BCUT2D eigenvalue weighted by Crippen LogP contribution is -2.30. The first kappa shape index (κ1) is 29.1. The van der Waals surface area contributed by atoms with Gasteiger partial charge < -0.3 is 28.4 Å². The van der Waals surface area contributed by atoms with E-state index in [2.05, 4.69) is 6.58 Å². The van der Waals surface area contributed by atoms with Crippen LogP contribution in [0.5, 0.6) is 28.7 Å². The van der Waals surface area contributed by atoms with E-state index in [0.717, 1.165) is 30.4 Å². The first-order chi connectivity index (χ1) is 18.4. The van der Waals surface area contributed by atoms with Crippen molar-refractivity contribution in [2.45, 2.75) is 57.8 Å². The maximum atomic E-state index is 12.4. The Labute approximate surface area is 224 Å². The van der Waals surface area contributed by atoms with Gasteiger partial charge in [0.1, 0.15) is 6.04 Å². The van der Waals surface area contributed by atoms with E-state index in [9.17, 15) is 10.0 Å². The molecule has 1 N–H and O–H groups in total. The third kappa shape index (κ3) is 6.00. The molecule has 0 radical (unpaired) electrons. The lowest BCUT2D eigenvalue weighted by Gasteiger charge is -2.27. The first-order valence-corrected chi connectivity index (χ1v) is 12.8. The average molecular weight is 530 g/mol. The number of methoxy groups -OCH3 is 4. The predicted molar refractivity (Wildman–Crippen MR) is 143 cm³/mol. The van der Waals surface area contributed by atoms with E-state index in [1.54, 1.807) is 35.4 Å². The number of benzene rings is 2. The smallest absolute Gasteiger partial charge is 0.246 e. The molecule has 1 fully saturated rings. The van der Waals surface area contributed by atoms with Crippen molar-refractivity contribution in [3.05, 3.63) is 53.6 Å². The van der Waals surface area contributed by atoms with Crippen LogP contribution in [0, 0.1) is 0 Å². The molecule has 0 aromatic heterocycles. The standard InChI is InChI=1S/C29H39NO8/c1-8-13-37-28-20(21(9-2)30(32)27(31)10-3)14-18(15-24(28)33-4)22-11-12-23(38-22)19-16-25(34-5)29(36-7)26(17-19)35-6/h9,14-17,21-23,32H,2,8,10-13H2,1,3-7H3. The number of amides is 1. The zero-order chi connectivity index (χ0) is 27.8. The highest BCUT2D eigenvalue weighted by atomic mass is 16.5. The van der Waals surface area contributed by atoms with Crippen molar-refractivity contribution in [3.63, 3.8) is 0 Å². The van der Waals surface area contributed by atoms with Gasteiger partial charge in [0.05, 0.1) is 47.3 Å². The van der Waals surface area contributed by atoms with Gasteiger partial charge in [0.25, 0.3) is 0 Å². The minimum absolute atomic E-state index is 0.144. The molecule has 9 nitrogen and oxygen atoms in total. The summed E-state index contributed by atoms with van der Waals surface area (Å²) in [6, 6.07) is 6.76. The van der Waals surface area contributed by atoms with Crippen LogP contribution in [-0.4, -0.2) is 51.2 Å². The summed E-state index contributed by atoms with van der Waals surface area (Å²) >= 11 is 0. The van der Waals surface area contributed by atoms with E-state index >= 15 is 0 Å². The van der Waals surface area contributed by atoms with Gasteiger partial charge in [-0.1, -0.05) is 19.9 Å². The summed E-state index contributed by atoms with van der Waals surface area (Å²) < 4.78 is 34.7. The van der Waals surface area contributed by atoms with Crippen LogP contribution in [0.25, 0.3) is 0 Å². The van der Waals surface area contributed by atoms with Crippen LogP contribution in [0.3, 0.4) is 0 Å². The zero-order valence-electron chi connectivity index (χ0n) is 23.1. The summed E-state index contributed by atoms with van der Waals surface area (Å²) in [7, 11) is 6.30. The maximum absolute atomic E-state index is 12.4. The Kier molecular flexibility index (Phi) is 10.3. The molecule has 1 amide bonds. The third-order valence-electron chi connectivity index (χ3n) is 6.59. The molecule has 0 aliphatic carbocycles. The van der Waals surface area contributed by atoms with E-state index in [1.165, 1.54) is 6.08 Å². The minimum Gasteiger partial charge on any atom is -0.493 e. The molecule has 38 heavy (non-hydrogen) atoms. The van der Waals surface area contributed by atoms with Crippen LogP contribution in [0.15, 0.2) is 36.9 Å². The molecular weight excluding hydrogens is 490 g/mol. The molecule has 0 spiro atoms. The Hall–Kier alpha value is -3.43. The van der Waals surface area contributed by atoms with Crippen LogP contribution in [0.1, 0.15) is 74.5 Å². The predicted octanol–water partition coefficient (Wildman–Crippen LogP) is 5.96. The molecule has 1 saturated heterocycles. The van der Waals surface area contributed by atoms with Crippen molar-refractivity contribution in [3.8, 4) is 28.7 Å². The highest BCUT2D eigenvalue weighted by Gasteiger charge is 2.33. The zero-order valence-corrected chi connectivity index (χ0v) is 23.1. The fraction of sp³-hybridized carbons (Fsp3) is 0.483. The van der Waals surface area contributed by atoms with Crippen molar-refractivity contribution >= 4 is 5.91 Å². The van der Waals surface area contributed by atoms with E-state index in [0.29, 0.717) is 46.0 Å². The molecular formula is C29H39NO8. The summed E-state index contributed by atoms with van der Waals surface area (Å²) in [5.74, 6) is 2.18. The number of carbonyl (C=O) groups is 1. The van der Waals surface area contributed by atoms with Crippen LogP contribution < -0.4 is 23.7 Å². The lowest BCUT2D eigenvalue weighted by molar-refractivity contribution is -0.172. The van der Waals surface area contributed by atoms with Gasteiger partial charge in [-0.3, -0.25) is 10.0 Å². The lowest BCUT2D eigenvalue weighted by atomic mass is 9.97. The summed E-state index contributed by atoms with van der Waals surface area (Å²) in [5.41, 5.74) is 2.34. The molecule has 1 aliphatic rings. The normalized spacial score (nSPS) is 17.4. The molecule has 1 heterocycles. The van der Waals surface area contributed by atoms with E-state index in [4.69, 9.17) is 28.4 Å². The Morgan fingerprint density at radius 2 is 1.50 bits per heavy atom. The van der Waals surface area contributed by atoms with Crippen LogP contribution in [-0.2, 0) is 9.53 Å². The largest absolute Gasteiger partial charge is 0.493 e. The number of carbonyl (C=O) groups excluding carboxylic acids is 1. The molecule has 2 aromatic rings. The van der Waals surface area contributed by atoms with Crippen LogP contribution >= 0.6 is 0 Å². The van der Waals surface area contributed by atoms with Crippen molar-refractivity contribution in [1.82, 2.24) is 5.06 Å². The number of nitrogens with zero attached hydrogens (tertiary/aromatic N) is 1. The monoisotopic (exact) mass is 529 g/mol. The Morgan fingerprint density at radius 1 is 0.974 bits per heavy atom. The third-order valence-corrected chi connectivity index (χ3v) is 6.59. The van der Waals surface area contributed by atoms with E-state index < -0.39 is 11.9 Å². The average Bonchev–Trinajstić information content (AvgIpc) is 3.45. The second-order valence-electron chi connectivity index (χ2n) is 8.91. The molecule has 2 aromatic carbocycles. The van der Waals surface area contributed by atoms with Crippen LogP contribution in [0.4, 0.5) is 0 Å². The molecule has 1 aliphatic heterocycles. The van der Waals surface area contributed by atoms with Crippen molar-refractivity contribution < 1.29 is 38.4 Å².